The van der Waals surface area contributed by atoms with E-state index in [1.807, 2.05) is 43.3 Å². The number of aliphatic carboxylic acids is 1. The number of carboxylic acid groups (broad SMARTS) is 1. The highest BCUT2D eigenvalue weighted by Gasteiger charge is 2.51. The molecule has 1 spiro atoms. The summed E-state index contributed by atoms with van der Waals surface area (Å²) in [7, 11) is 1.67. The summed E-state index contributed by atoms with van der Waals surface area (Å²) in [5, 5.41) is 14.4. The molecule has 0 aromatic heterocycles. The molecule has 3 aromatic carbocycles. The molecular formula is C36H42ClNO5. The van der Waals surface area contributed by atoms with Gasteiger partial charge in [-0.1, -0.05) is 48.4 Å². The van der Waals surface area contributed by atoms with Crippen molar-refractivity contribution >= 4 is 29.3 Å². The third-order valence-corrected chi connectivity index (χ3v) is 9.32. The minimum Gasteiger partial charge on any atom is -0.497 e. The average molecular weight is 604 g/mol. The fraction of sp³-hybridized carbons (Fsp3) is 0.417. The van der Waals surface area contributed by atoms with Crippen molar-refractivity contribution in [1.82, 2.24) is 0 Å². The van der Waals surface area contributed by atoms with Crippen LogP contribution in [-0.2, 0) is 21.6 Å². The Kier molecular flexibility index (Phi) is 9.38. The predicted octanol–water partition coefficient (Wildman–Crippen LogP) is 8.44. The van der Waals surface area contributed by atoms with Crippen molar-refractivity contribution in [2.75, 3.05) is 25.6 Å². The van der Waals surface area contributed by atoms with Crippen LogP contribution in [0.5, 0.6) is 11.5 Å². The van der Waals surface area contributed by atoms with Crippen molar-refractivity contribution < 1.29 is 24.1 Å². The second-order valence-corrected chi connectivity index (χ2v) is 12.5. The Balaban J connectivity index is 1.36. The lowest BCUT2D eigenvalue weighted by Gasteiger charge is -2.46. The maximum Gasteiger partial charge on any atom is 0.329 e. The first-order chi connectivity index (χ1) is 20.7. The summed E-state index contributed by atoms with van der Waals surface area (Å²) in [6.07, 6.45) is 5.65. The van der Waals surface area contributed by atoms with E-state index in [4.69, 9.17) is 25.8 Å². The number of benzene rings is 3. The van der Waals surface area contributed by atoms with Crippen LogP contribution in [0.25, 0.3) is 6.08 Å². The summed E-state index contributed by atoms with van der Waals surface area (Å²) >= 11 is 6.22. The summed E-state index contributed by atoms with van der Waals surface area (Å²) < 4.78 is 17.4. The second kappa shape index (κ2) is 13.0. The van der Waals surface area contributed by atoms with Crippen LogP contribution in [0.15, 0.2) is 66.2 Å². The summed E-state index contributed by atoms with van der Waals surface area (Å²) in [4.78, 5) is 12.8. The second-order valence-electron chi connectivity index (χ2n) is 12.1. The maximum absolute atomic E-state index is 12.8. The van der Waals surface area contributed by atoms with Crippen molar-refractivity contribution in [3.63, 3.8) is 0 Å². The van der Waals surface area contributed by atoms with Crippen molar-refractivity contribution in [2.24, 2.45) is 5.92 Å². The number of allylic oxidation sites excluding steroid dienone is 1. The zero-order chi connectivity index (χ0) is 30.6. The average Bonchev–Trinajstić information content (AvgIpc) is 3.26. The predicted molar refractivity (Wildman–Crippen MR) is 172 cm³/mol. The van der Waals surface area contributed by atoms with E-state index in [2.05, 4.69) is 37.4 Å². The summed E-state index contributed by atoms with van der Waals surface area (Å²) in [5.41, 5.74) is 5.47. The van der Waals surface area contributed by atoms with Crippen LogP contribution in [0.1, 0.15) is 68.2 Å². The van der Waals surface area contributed by atoms with E-state index >= 15 is 0 Å². The lowest BCUT2D eigenvalue weighted by Crippen LogP contribution is -2.52. The van der Waals surface area contributed by atoms with E-state index in [1.165, 1.54) is 16.7 Å². The minimum absolute atomic E-state index is 0.242. The van der Waals surface area contributed by atoms with Gasteiger partial charge in [-0.25, -0.2) is 4.79 Å². The molecule has 5 rings (SSSR count). The number of methoxy groups -OCH3 is 1. The smallest absolute Gasteiger partial charge is 0.329 e. The lowest BCUT2D eigenvalue weighted by atomic mass is 9.61. The molecular weight excluding hydrogens is 562 g/mol. The number of ether oxygens (including phenoxy) is 3. The Bertz CT molecular complexity index is 1470. The molecule has 3 aromatic rings. The Morgan fingerprint density at radius 3 is 2.47 bits per heavy atom. The topological polar surface area (TPSA) is 77.0 Å². The molecule has 43 heavy (non-hydrogen) atoms. The van der Waals surface area contributed by atoms with Crippen molar-refractivity contribution in [1.29, 1.82) is 0 Å². The van der Waals surface area contributed by atoms with Crippen LogP contribution >= 0.6 is 11.6 Å². The fourth-order valence-corrected chi connectivity index (χ4v) is 6.96. The third-order valence-electron chi connectivity index (χ3n) is 9.08. The molecule has 1 fully saturated rings. The largest absolute Gasteiger partial charge is 0.497 e. The molecule has 2 N–H and O–H groups in total. The quantitative estimate of drug-likeness (QED) is 0.216. The van der Waals surface area contributed by atoms with Crippen molar-refractivity contribution in [3.05, 3.63) is 93.5 Å². The molecule has 7 heteroatoms. The molecule has 0 amide bonds. The molecule has 0 bridgehead atoms. The molecule has 2 aliphatic carbocycles. The molecule has 0 unspecified atom stereocenters. The number of carbonyl (C=O) groups is 1. The highest BCUT2D eigenvalue weighted by atomic mass is 35.5. The van der Waals surface area contributed by atoms with Gasteiger partial charge in [-0.3, -0.25) is 0 Å². The number of hydrogen-bond donors (Lipinski definition) is 2. The first-order valence-corrected chi connectivity index (χ1v) is 15.5. The van der Waals surface area contributed by atoms with E-state index in [-0.39, 0.29) is 5.41 Å². The number of aryl methyl sites for hydroxylation is 1. The third kappa shape index (κ3) is 6.56. The van der Waals surface area contributed by atoms with Gasteiger partial charge in [0.1, 0.15) is 17.0 Å². The van der Waals surface area contributed by atoms with Crippen LogP contribution < -0.4 is 14.8 Å². The molecule has 6 nitrogen and oxygen atoms in total. The SMILES string of the molecule is CCOc1cc2c(cc1C)C=C(C[C@@H](C)COCc1ccc(OC)cc1)C21CCC(Nc2cccc(Cl)c2)(C(=O)O)CC1. The van der Waals surface area contributed by atoms with Gasteiger partial charge < -0.3 is 24.6 Å². The molecule has 2 aliphatic rings. The number of hydrogen-bond acceptors (Lipinski definition) is 5. The normalized spacial score (nSPS) is 21.7. The summed E-state index contributed by atoms with van der Waals surface area (Å²) in [6.45, 7) is 8.10. The van der Waals surface area contributed by atoms with Crippen LogP contribution in [0.4, 0.5) is 5.69 Å². The molecule has 1 atom stereocenters. The molecule has 228 valence electrons. The standard InChI is InChI=1S/C36H42ClNO5/c1-5-43-33-21-32-27(18-25(33)3)19-28(17-24(2)22-42-23-26-9-11-31(41-4)12-10-26)35(32)13-15-36(16-14-35,34(39)40)38-30-8-6-7-29(37)20-30/h6-12,18-21,24,38H,5,13-17,22-23H2,1-4H3,(H,39,40)/t24-,35?,36?/m1/s1. The van der Waals surface area contributed by atoms with Gasteiger partial charge in [0.15, 0.2) is 0 Å². The van der Waals surface area contributed by atoms with Crippen LogP contribution in [0.3, 0.4) is 0 Å². The Morgan fingerprint density at radius 1 is 1.07 bits per heavy atom. The molecule has 1 saturated carbocycles. The molecule has 0 aliphatic heterocycles. The highest BCUT2D eigenvalue weighted by Crippen LogP contribution is 2.56. The van der Waals surface area contributed by atoms with Gasteiger partial charge in [0, 0.05) is 22.7 Å². The van der Waals surface area contributed by atoms with Gasteiger partial charge in [-0.2, -0.15) is 0 Å². The zero-order valence-corrected chi connectivity index (χ0v) is 26.3. The number of fused-ring (bicyclic) bond motifs is 2. The van der Waals surface area contributed by atoms with E-state index in [9.17, 15) is 9.90 Å². The monoisotopic (exact) mass is 603 g/mol. The van der Waals surface area contributed by atoms with Gasteiger partial charge in [-0.15, -0.1) is 0 Å². The van der Waals surface area contributed by atoms with Crippen molar-refractivity contribution in [3.8, 4) is 11.5 Å². The first-order valence-electron chi connectivity index (χ1n) is 15.1. The maximum atomic E-state index is 12.8. The van der Waals surface area contributed by atoms with Gasteiger partial charge in [0.25, 0.3) is 0 Å². The minimum atomic E-state index is -1.07. The van der Waals surface area contributed by atoms with E-state index < -0.39 is 11.5 Å². The van der Waals surface area contributed by atoms with Gasteiger partial charge in [0.05, 0.1) is 20.3 Å². The number of anilines is 1. The number of carboxylic acids is 1. The molecule has 0 saturated heterocycles. The van der Waals surface area contributed by atoms with Gasteiger partial charge >= 0.3 is 5.97 Å². The lowest BCUT2D eigenvalue weighted by molar-refractivity contribution is -0.143. The number of nitrogens with one attached hydrogen (secondary N) is 1. The van der Waals surface area contributed by atoms with E-state index in [1.54, 1.807) is 19.2 Å². The molecule has 0 heterocycles. The van der Waals surface area contributed by atoms with E-state index in [0.717, 1.165) is 47.6 Å². The van der Waals surface area contributed by atoms with Crippen molar-refractivity contribution in [2.45, 2.75) is 70.4 Å². The summed E-state index contributed by atoms with van der Waals surface area (Å²) in [5.74, 6) is 1.20. The zero-order valence-electron chi connectivity index (χ0n) is 25.5. The number of rotatable bonds is 12. The van der Waals surface area contributed by atoms with Crippen LogP contribution in [0.2, 0.25) is 5.02 Å². The number of halogens is 1. The van der Waals surface area contributed by atoms with Crippen LogP contribution in [-0.4, -0.2) is 36.9 Å². The summed E-state index contributed by atoms with van der Waals surface area (Å²) in [6, 6.07) is 19.7. The Hall–Kier alpha value is -3.48. The Labute approximate surface area is 260 Å². The highest BCUT2D eigenvalue weighted by molar-refractivity contribution is 6.30. The van der Waals surface area contributed by atoms with Gasteiger partial charge in [-0.05, 0) is 117 Å². The fourth-order valence-electron chi connectivity index (χ4n) is 6.77. The van der Waals surface area contributed by atoms with Crippen LogP contribution in [0, 0.1) is 12.8 Å². The van der Waals surface area contributed by atoms with Gasteiger partial charge in [0.2, 0.25) is 0 Å². The first kappa shape index (κ1) is 31.0. The Morgan fingerprint density at radius 2 is 1.81 bits per heavy atom. The molecule has 0 radical (unpaired) electrons. The van der Waals surface area contributed by atoms with E-state index in [0.29, 0.717) is 43.6 Å².